The third kappa shape index (κ3) is 3.10. The Hall–Kier alpha value is -1.89. The second-order valence-corrected chi connectivity index (χ2v) is 6.43. The van der Waals surface area contributed by atoms with E-state index in [1.165, 1.54) is 0 Å². The number of methoxy groups -OCH3 is 1. The van der Waals surface area contributed by atoms with Gasteiger partial charge in [0.2, 0.25) is 5.91 Å². The van der Waals surface area contributed by atoms with Crippen molar-refractivity contribution in [2.75, 3.05) is 39.9 Å². The maximum Gasteiger partial charge on any atom is 0.271 e. The summed E-state index contributed by atoms with van der Waals surface area (Å²) in [5.74, 6) is 0.214. The van der Waals surface area contributed by atoms with Gasteiger partial charge in [-0.3, -0.25) is 14.7 Å². The second-order valence-electron chi connectivity index (χ2n) is 6.43. The summed E-state index contributed by atoms with van der Waals surface area (Å²) in [6, 6.07) is 1.69. The minimum absolute atomic E-state index is 0.0266. The molecular formula is C16H24N4O3. The van der Waals surface area contributed by atoms with Gasteiger partial charge in [-0.1, -0.05) is 0 Å². The summed E-state index contributed by atoms with van der Waals surface area (Å²) < 4.78 is 5.09. The molecular weight excluding hydrogens is 296 g/mol. The number of aromatic amines is 1. The van der Waals surface area contributed by atoms with E-state index in [0.29, 0.717) is 31.9 Å². The molecule has 2 fully saturated rings. The molecule has 2 saturated heterocycles. The van der Waals surface area contributed by atoms with Gasteiger partial charge in [-0.15, -0.1) is 0 Å². The van der Waals surface area contributed by atoms with Crippen molar-refractivity contribution in [3.8, 4) is 0 Å². The Morgan fingerprint density at radius 3 is 2.91 bits per heavy atom. The number of carbonyl (C=O) groups is 2. The van der Waals surface area contributed by atoms with Gasteiger partial charge in [-0.05, 0) is 31.7 Å². The van der Waals surface area contributed by atoms with Crippen molar-refractivity contribution in [2.24, 2.45) is 5.41 Å². The molecule has 7 heteroatoms. The van der Waals surface area contributed by atoms with E-state index in [0.717, 1.165) is 32.2 Å². The molecule has 1 spiro atoms. The zero-order valence-electron chi connectivity index (χ0n) is 13.6. The number of nitrogens with one attached hydrogen (secondary N) is 1. The number of hydrogen-bond acceptors (Lipinski definition) is 4. The number of amides is 2. The maximum absolute atomic E-state index is 12.8. The molecule has 1 atom stereocenters. The number of likely N-dealkylation sites (tertiary alicyclic amines) is 2. The minimum Gasteiger partial charge on any atom is -0.383 e. The highest BCUT2D eigenvalue weighted by Gasteiger charge is 2.47. The number of carbonyl (C=O) groups excluding carboxylic acids is 2. The number of nitrogens with zero attached hydrogens (tertiary/aromatic N) is 3. The quantitative estimate of drug-likeness (QED) is 0.894. The van der Waals surface area contributed by atoms with Crippen LogP contribution in [-0.2, 0) is 9.53 Å². The summed E-state index contributed by atoms with van der Waals surface area (Å²) in [4.78, 5) is 29.0. The smallest absolute Gasteiger partial charge is 0.271 e. The Morgan fingerprint density at radius 2 is 2.17 bits per heavy atom. The van der Waals surface area contributed by atoms with Crippen LogP contribution >= 0.6 is 0 Å². The van der Waals surface area contributed by atoms with Crippen LogP contribution in [0.1, 0.15) is 36.2 Å². The summed E-state index contributed by atoms with van der Waals surface area (Å²) in [5.41, 5.74) is 0.233. The molecule has 0 aromatic carbocycles. The SMILES string of the molecule is COCCN1CCC2(CCCN(C(=O)c3ccn[nH]3)CC2)C1=O. The Labute approximate surface area is 136 Å². The normalized spacial score (nSPS) is 25.2. The van der Waals surface area contributed by atoms with Crippen LogP contribution in [0.2, 0.25) is 0 Å². The number of H-pyrrole nitrogens is 1. The molecule has 1 aromatic heterocycles. The monoisotopic (exact) mass is 320 g/mol. The molecule has 7 nitrogen and oxygen atoms in total. The molecule has 126 valence electrons. The fourth-order valence-electron chi connectivity index (χ4n) is 3.71. The third-order valence-electron chi connectivity index (χ3n) is 5.13. The van der Waals surface area contributed by atoms with E-state index in [9.17, 15) is 9.59 Å². The standard InChI is InChI=1S/C16H24N4O3/c1-23-12-11-20-10-6-16(15(20)22)4-2-8-19(9-5-16)14(21)13-3-7-17-18-13/h3,7H,2,4-6,8-12H2,1H3,(H,17,18). The molecule has 3 heterocycles. The van der Waals surface area contributed by atoms with Crippen LogP contribution in [0.15, 0.2) is 12.3 Å². The minimum atomic E-state index is -0.281. The molecule has 2 aliphatic heterocycles. The van der Waals surface area contributed by atoms with Crippen LogP contribution in [0, 0.1) is 5.41 Å². The van der Waals surface area contributed by atoms with E-state index in [4.69, 9.17) is 4.74 Å². The third-order valence-corrected chi connectivity index (χ3v) is 5.13. The molecule has 1 unspecified atom stereocenters. The topological polar surface area (TPSA) is 78.5 Å². The van der Waals surface area contributed by atoms with Crippen molar-refractivity contribution in [1.29, 1.82) is 0 Å². The number of rotatable bonds is 4. The van der Waals surface area contributed by atoms with Crippen molar-refractivity contribution in [2.45, 2.75) is 25.7 Å². The lowest BCUT2D eigenvalue weighted by Gasteiger charge is -2.26. The van der Waals surface area contributed by atoms with Gasteiger partial charge in [0.05, 0.1) is 12.0 Å². The molecule has 2 amide bonds. The Kier molecular flexibility index (Phi) is 4.66. The molecule has 3 rings (SSSR count). The zero-order valence-corrected chi connectivity index (χ0v) is 13.6. The fraction of sp³-hybridized carbons (Fsp3) is 0.688. The average molecular weight is 320 g/mol. The van der Waals surface area contributed by atoms with E-state index in [-0.39, 0.29) is 17.2 Å². The number of aromatic nitrogens is 2. The maximum atomic E-state index is 12.8. The summed E-state index contributed by atoms with van der Waals surface area (Å²) in [7, 11) is 1.65. The van der Waals surface area contributed by atoms with Crippen molar-refractivity contribution < 1.29 is 14.3 Å². The van der Waals surface area contributed by atoms with Gasteiger partial charge in [0.15, 0.2) is 0 Å². The van der Waals surface area contributed by atoms with Crippen LogP contribution in [0.5, 0.6) is 0 Å². The largest absolute Gasteiger partial charge is 0.383 e. The van der Waals surface area contributed by atoms with Gasteiger partial charge in [-0.2, -0.15) is 5.10 Å². The van der Waals surface area contributed by atoms with Crippen molar-refractivity contribution >= 4 is 11.8 Å². The van der Waals surface area contributed by atoms with E-state index in [1.54, 1.807) is 19.4 Å². The molecule has 0 radical (unpaired) electrons. The first-order valence-electron chi connectivity index (χ1n) is 8.23. The highest BCUT2D eigenvalue weighted by atomic mass is 16.5. The second kappa shape index (κ2) is 6.70. The first kappa shape index (κ1) is 16.0. The average Bonchev–Trinajstić information content (AvgIpc) is 3.12. The van der Waals surface area contributed by atoms with Gasteiger partial charge in [0.1, 0.15) is 5.69 Å². The van der Waals surface area contributed by atoms with Crippen LogP contribution in [0.4, 0.5) is 0 Å². The van der Waals surface area contributed by atoms with Gasteiger partial charge >= 0.3 is 0 Å². The predicted octanol–water partition coefficient (Wildman–Crippen LogP) is 0.901. The molecule has 0 saturated carbocycles. The lowest BCUT2D eigenvalue weighted by atomic mass is 9.79. The van der Waals surface area contributed by atoms with Crippen LogP contribution in [0.25, 0.3) is 0 Å². The zero-order chi connectivity index (χ0) is 16.3. The summed E-state index contributed by atoms with van der Waals surface area (Å²) >= 11 is 0. The van der Waals surface area contributed by atoms with E-state index in [2.05, 4.69) is 10.2 Å². The number of hydrogen-bond donors (Lipinski definition) is 1. The summed E-state index contributed by atoms with van der Waals surface area (Å²) in [5, 5.41) is 6.56. The number of ether oxygens (including phenoxy) is 1. The van der Waals surface area contributed by atoms with E-state index < -0.39 is 0 Å². The van der Waals surface area contributed by atoms with Crippen molar-refractivity contribution in [1.82, 2.24) is 20.0 Å². The predicted molar refractivity (Wildman–Crippen MR) is 83.8 cm³/mol. The van der Waals surface area contributed by atoms with Gasteiger partial charge in [0.25, 0.3) is 5.91 Å². The lowest BCUT2D eigenvalue weighted by molar-refractivity contribution is -0.137. The molecule has 0 aliphatic carbocycles. The Balaban J connectivity index is 1.64. The van der Waals surface area contributed by atoms with E-state index >= 15 is 0 Å². The Bertz CT molecular complexity index is 560. The first-order chi connectivity index (χ1) is 11.2. The van der Waals surface area contributed by atoms with Gasteiger partial charge < -0.3 is 14.5 Å². The van der Waals surface area contributed by atoms with Crippen molar-refractivity contribution in [3.63, 3.8) is 0 Å². The Morgan fingerprint density at radius 1 is 1.35 bits per heavy atom. The summed E-state index contributed by atoms with van der Waals surface area (Å²) in [6.07, 6.45) is 4.95. The highest BCUT2D eigenvalue weighted by molar-refractivity contribution is 5.92. The van der Waals surface area contributed by atoms with E-state index in [1.807, 2.05) is 9.80 Å². The van der Waals surface area contributed by atoms with Crippen LogP contribution in [-0.4, -0.2) is 71.7 Å². The highest BCUT2D eigenvalue weighted by Crippen LogP contribution is 2.41. The lowest BCUT2D eigenvalue weighted by Crippen LogP contribution is -2.37. The van der Waals surface area contributed by atoms with Gasteiger partial charge in [-0.25, -0.2) is 0 Å². The molecule has 1 aromatic rings. The fourth-order valence-corrected chi connectivity index (χ4v) is 3.71. The summed E-state index contributed by atoms with van der Waals surface area (Å²) in [6.45, 7) is 3.36. The molecule has 23 heavy (non-hydrogen) atoms. The molecule has 2 aliphatic rings. The van der Waals surface area contributed by atoms with Crippen LogP contribution in [0.3, 0.4) is 0 Å². The van der Waals surface area contributed by atoms with Gasteiger partial charge in [0, 0.05) is 39.5 Å². The van der Waals surface area contributed by atoms with Crippen molar-refractivity contribution in [3.05, 3.63) is 18.0 Å². The van der Waals surface area contributed by atoms with Crippen LogP contribution < -0.4 is 0 Å². The molecule has 0 bridgehead atoms. The first-order valence-corrected chi connectivity index (χ1v) is 8.23. The molecule has 1 N–H and O–H groups in total.